The molecule has 19 nitrogen and oxygen atoms in total. The van der Waals surface area contributed by atoms with E-state index in [1.165, 1.54) is 24.5 Å². The molecule has 4 heterocycles. The van der Waals surface area contributed by atoms with Crippen LogP contribution in [0.15, 0.2) is 41.3 Å². The number of sulfonamides is 1. The Labute approximate surface area is 447 Å². The molecular formula is C54H93FN6O13S. The van der Waals surface area contributed by atoms with Crippen molar-refractivity contribution in [2.24, 2.45) is 22.9 Å². The number of anilines is 1. The van der Waals surface area contributed by atoms with E-state index in [1.807, 2.05) is 60.5 Å². The van der Waals surface area contributed by atoms with Crippen LogP contribution >= 0.6 is 0 Å². The van der Waals surface area contributed by atoms with Crippen molar-refractivity contribution in [1.82, 2.24) is 15.1 Å². The number of halogens is 1. The number of nitrogens with one attached hydrogen (secondary N) is 2. The molecule has 4 aliphatic heterocycles. The Hall–Kier alpha value is -2.93. The van der Waals surface area contributed by atoms with Crippen LogP contribution in [0.5, 0.6) is 0 Å². The van der Waals surface area contributed by atoms with Gasteiger partial charge in [0.1, 0.15) is 30.6 Å². The normalized spacial score (nSPS) is 38.8. The molecule has 430 valence electrons. The third kappa shape index (κ3) is 15.9. The SMILES string of the molecule is CC[C@H]1OC(=O)[C@H](C)[C@@H](OC2C[C@@](C)(OC)C[C@H](C)O2)[C@H](C)[C@@H](O[C@H]2C[C@@H](N(C)CC/C(=C/N[C@H](CF)[C@H](OC)c3ccc(N4CCCS4(=O)=O)cc3)N=N)C[C@@H](C)O2)[C@](C)(O)C[C@@H](C)CN(C)[C@H](C)[C@@H](O)[C@]1(C)O. The lowest BCUT2D eigenvalue weighted by molar-refractivity contribution is -0.292. The van der Waals surface area contributed by atoms with Crippen molar-refractivity contribution < 1.29 is 66.1 Å². The minimum Gasteiger partial charge on any atom is -0.459 e. The van der Waals surface area contributed by atoms with Crippen LogP contribution in [0.25, 0.3) is 0 Å². The Morgan fingerprint density at radius 2 is 1.68 bits per heavy atom. The maximum atomic E-state index is 14.7. The van der Waals surface area contributed by atoms with Gasteiger partial charge in [-0.3, -0.25) is 9.10 Å². The topological polar surface area (TPSA) is 234 Å². The third-order valence-corrected chi connectivity index (χ3v) is 18.3. The van der Waals surface area contributed by atoms with E-state index < -0.39 is 106 Å². The predicted octanol–water partition coefficient (Wildman–Crippen LogP) is 6.45. The summed E-state index contributed by atoms with van der Waals surface area (Å²) in [6.45, 7) is 18.9. The Bertz CT molecular complexity index is 2130. The minimum absolute atomic E-state index is 0.0692. The second-order valence-electron chi connectivity index (χ2n) is 23.0. The molecule has 18 atom stereocenters. The van der Waals surface area contributed by atoms with Gasteiger partial charge in [-0.05, 0) is 112 Å². The molecule has 0 aliphatic carbocycles. The van der Waals surface area contributed by atoms with Crippen LogP contribution < -0.4 is 9.62 Å². The van der Waals surface area contributed by atoms with E-state index in [9.17, 15) is 32.9 Å². The molecule has 21 heteroatoms. The molecule has 0 amide bonds. The summed E-state index contributed by atoms with van der Waals surface area (Å²) < 4.78 is 85.8. The molecular weight excluding hydrogens is 992 g/mol. The van der Waals surface area contributed by atoms with Gasteiger partial charge in [0.2, 0.25) is 10.0 Å². The highest BCUT2D eigenvalue weighted by Gasteiger charge is 2.51. The number of methoxy groups -OCH3 is 2. The summed E-state index contributed by atoms with van der Waals surface area (Å²) >= 11 is 0. The van der Waals surface area contributed by atoms with Crippen molar-refractivity contribution in [3.8, 4) is 0 Å². The number of cyclic esters (lactones) is 1. The first kappa shape index (κ1) is 62.9. The number of aliphatic hydroxyl groups is 3. The lowest BCUT2D eigenvalue weighted by Gasteiger charge is -2.47. The Balaban J connectivity index is 1.38. The van der Waals surface area contributed by atoms with Gasteiger partial charge in [-0.15, -0.1) is 0 Å². The standard InChI is InChI=1S/C54H93FN6O13S/c1-15-44-54(10,65)49(62)38(7)60(12)32-33(2)27-53(9,64)50(36(5)47(37(6)51(63)72-44)73-46-29-52(8,69-14)28-35(4)71-46)74-45-26-42(25-34(3)70-45)59(11)23-21-40(58-56)31-57-43(30-55)48(68-13)39-17-19-41(20-18-39)61-22-16-24-75(61,66)67/h17-20,31,33-38,42-50,56-57,62,64-65H,15-16,21-30,32H2,1-14H3/b40-31-,58-56?/t33-,34-,35+,36+,37-,38-,42+,43-,44-,45+,46?,47+,48-,49-,50-,52+,53-,54-/m1/s1. The molecule has 1 unspecified atom stereocenters. The molecule has 0 saturated carbocycles. The van der Waals surface area contributed by atoms with Crippen molar-refractivity contribution in [1.29, 1.82) is 5.53 Å². The number of carbonyl (C=O) groups is 1. The number of ether oxygens (including phenoxy) is 7. The van der Waals surface area contributed by atoms with Gasteiger partial charge >= 0.3 is 5.97 Å². The van der Waals surface area contributed by atoms with Crippen molar-refractivity contribution in [3.05, 3.63) is 41.7 Å². The average Bonchev–Trinajstić information content (AvgIpc) is 3.72. The maximum absolute atomic E-state index is 14.7. The van der Waals surface area contributed by atoms with Gasteiger partial charge in [-0.25, -0.2) is 18.3 Å². The predicted molar refractivity (Wildman–Crippen MR) is 283 cm³/mol. The first-order valence-electron chi connectivity index (χ1n) is 27.1. The van der Waals surface area contributed by atoms with Crippen molar-refractivity contribution in [3.63, 3.8) is 0 Å². The lowest BCUT2D eigenvalue weighted by atomic mass is 9.77. The van der Waals surface area contributed by atoms with E-state index in [4.69, 9.17) is 38.7 Å². The monoisotopic (exact) mass is 1080 g/mol. The van der Waals surface area contributed by atoms with E-state index in [1.54, 1.807) is 52.1 Å². The van der Waals surface area contributed by atoms with E-state index in [0.29, 0.717) is 75.1 Å². The number of hydrogen-bond acceptors (Lipinski definition) is 18. The molecule has 4 aliphatic rings. The van der Waals surface area contributed by atoms with Gasteiger partial charge in [0.25, 0.3) is 0 Å². The Morgan fingerprint density at radius 3 is 2.27 bits per heavy atom. The average molecular weight is 1090 g/mol. The van der Waals surface area contributed by atoms with E-state index >= 15 is 0 Å². The zero-order chi connectivity index (χ0) is 55.8. The Kier molecular flexibility index (Phi) is 22.5. The highest BCUT2D eigenvalue weighted by Crippen LogP contribution is 2.40. The Morgan fingerprint density at radius 1 is 1.01 bits per heavy atom. The smallest absolute Gasteiger partial charge is 0.311 e. The molecule has 0 radical (unpaired) electrons. The zero-order valence-electron chi connectivity index (χ0n) is 47.2. The molecule has 1 aromatic carbocycles. The number of benzene rings is 1. The first-order valence-corrected chi connectivity index (χ1v) is 28.7. The van der Waals surface area contributed by atoms with Crippen LogP contribution in [-0.4, -0.2) is 184 Å². The molecule has 4 saturated heterocycles. The third-order valence-electron chi connectivity index (χ3n) is 16.5. The number of hydrogen-bond donors (Lipinski definition) is 5. The van der Waals surface area contributed by atoms with E-state index in [2.05, 4.69) is 15.3 Å². The molecule has 75 heavy (non-hydrogen) atoms. The summed E-state index contributed by atoms with van der Waals surface area (Å²) in [5.41, 5.74) is 5.69. The van der Waals surface area contributed by atoms with Gasteiger partial charge in [-0.1, -0.05) is 32.9 Å². The largest absolute Gasteiger partial charge is 0.459 e. The molecule has 1 aromatic rings. The zero-order valence-corrected chi connectivity index (χ0v) is 48.1. The summed E-state index contributed by atoms with van der Waals surface area (Å²) in [6, 6.07) is 5.43. The van der Waals surface area contributed by atoms with Crippen molar-refractivity contribution in [2.45, 2.75) is 211 Å². The maximum Gasteiger partial charge on any atom is 0.311 e. The van der Waals surface area contributed by atoms with Gasteiger partial charge in [-0.2, -0.15) is 5.11 Å². The van der Waals surface area contributed by atoms with E-state index in [0.717, 1.165) is 0 Å². The summed E-state index contributed by atoms with van der Waals surface area (Å²) in [4.78, 5) is 18.6. The van der Waals surface area contributed by atoms with E-state index in [-0.39, 0.29) is 42.8 Å². The van der Waals surface area contributed by atoms with Crippen LogP contribution in [-0.2, 0) is 48.0 Å². The molecule has 5 N–H and O–H groups in total. The number of aliphatic hydroxyl groups excluding tert-OH is 1. The minimum atomic E-state index is -3.36. The second-order valence-corrected chi connectivity index (χ2v) is 25.0. The highest BCUT2D eigenvalue weighted by molar-refractivity contribution is 7.93. The number of likely N-dealkylation sites (N-methyl/N-ethyl adjacent to an activating group) is 1. The number of alkyl halides is 1. The van der Waals surface area contributed by atoms with Gasteiger partial charge < -0.3 is 63.6 Å². The summed E-state index contributed by atoms with van der Waals surface area (Å²) in [5.74, 6) is -2.35. The first-order chi connectivity index (χ1) is 35.1. The number of nitrogens with zero attached hydrogens (tertiary/aromatic N) is 4. The number of esters is 1. The van der Waals surface area contributed by atoms with Crippen LogP contribution in [0, 0.1) is 23.3 Å². The quantitative estimate of drug-likeness (QED) is 0.0785. The second kappa shape index (κ2) is 26.8. The molecule has 0 aromatic heterocycles. The number of carbonyl (C=O) groups excluding carboxylic acids is 1. The van der Waals surface area contributed by atoms with Gasteiger partial charge in [0.15, 0.2) is 12.6 Å². The van der Waals surface area contributed by atoms with Crippen LogP contribution in [0.4, 0.5) is 10.1 Å². The van der Waals surface area contributed by atoms with Crippen LogP contribution in [0.1, 0.15) is 132 Å². The molecule has 0 bridgehead atoms. The highest BCUT2D eigenvalue weighted by atomic mass is 32.2. The van der Waals surface area contributed by atoms with Gasteiger partial charge in [0, 0.05) is 83.7 Å². The van der Waals surface area contributed by atoms with Crippen molar-refractivity contribution in [2.75, 3.05) is 64.7 Å². The van der Waals surface area contributed by atoms with Crippen LogP contribution in [0.2, 0.25) is 0 Å². The summed E-state index contributed by atoms with van der Waals surface area (Å²) in [6.07, 6.45) is -2.10. The fraction of sp³-hybridized carbons (Fsp3) is 0.833. The lowest BCUT2D eigenvalue weighted by Crippen LogP contribution is -2.59. The molecule has 0 spiro atoms. The number of rotatable bonds is 18. The molecule has 5 rings (SSSR count). The fourth-order valence-corrected chi connectivity index (χ4v) is 13.6. The molecule has 4 fully saturated rings. The van der Waals surface area contributed by atoms with Crippen molar-refractivity contribution >= 4 is 21.7 Å². The summed E-state index contributed by atoms with van der Waals surface area (Å²) in [7, 11) is 3.61. The van der Waals surface area contributed by atoms with Gasteiger partial charge in [0.05, 0.1) is 64.7 Å². The van der Waals surface area contributed by atoms with Crippen LogP contribution in [0.3, 0.4) is 0 Å². The summed E-state index contributed by atoms with van der Waals surface area (Å²) in [5, 5.41) is 43.3. The fourth-order valence-electron chi connectivity index (χ4n) is 12.0.